The van der Waals surface area contributed by atoms with Crippen molar-refractivity contribution in [3.8, 4) is 0 Å². The van der Waals surface area contributed by atoms with E-state index >= 15 is 0 Å². The molecule has 2 aromatic carbocycles. The van der Waals surface area contributed by atoms with Crippen molar-refractivity contribution in [2.45, 2.75) is 17.2 Å². The number of rotatable bonds is 4. The van der Waals surface area contributed by atoms with Crippen LogP contribution in [0.25, 0.3) is 0 Å². The lowest BCUT2D eigenvalue weighted by molar-refractivity contribution is 0.624. The Morgan fingerprint density at radius 1 is 0.947 bits per heavy atom. The van der Waals surface area contributed by atoms with Crippen LogP contribution in [0.4, 0.5) is 8.78 Å². The summed E-state index contributed by atoms with van der Waals surface area (Å²) in [4.78, 5) is 0.536. The molecule has 1 unspecified atom stereocenters. The quantitative estimate of drug-likeness (QED) is 0.936. The fraction of sp³-hybridized carbons (Fsp3) is 0.143. The highest BCUT2D eigenvalue weighted by Crippen LogP contribution is 2.17. The third-order valence-corrected chi connectivity index (χ3v) is 4.12. The van der Waals surface area contributed by atoms with Crippen LogP contribution in [0.15, 0.2) is 47.4 Å². The summed E-state index contributed by atoms with van der Waals surface area (Å²) >= 11 is 0. The van der Waals surface area contributed by atoms with Crippen LogP contribution in [-0.4, -0.2) is 4.21 Å². The van der Waals surface area contributed by atoms with Gasteiger partial charge in [-0.25, -0.2) is 8.78 Å². The van der Waals surface area contributed by atoms with Gasteiger partial charge in [0.25, 0.3) is 0 Å². The zero-order chi connectivity index (χ0) is 13.8. The molecule has 1 atom stereocenters. The lowest BCUT2D eigenvalue weighted by atomic mass is 10.1. The molecular weight excluding hydrogens is 268 g/mol. The van der Waals surface area contributed by atoms with Gasteiger partial charge in [-0.1, -0.05) is 6.07 Å². The van der Waals surface area contributed by atoms with Gasteiger partial charge in [-0.3, -0.25) is 4.21 Å². The van der Waals surface area contributed by atoms with E-state index in [0.29, 0.717) is 10.5 Å². The monoisotopic (exact) mass is 281 g/mol. The summed E-state index contributed by atoms with van der Waals surface area (Å²) in [6, 6.07) is 9.74. The highest BCUT2D eigenvalue weighted by Gasteiger charge is 2.09. The van der Waals surface area contributed by atoms with Gasteiger partial charge in [0.1, 0.15) is 11.6 Å². The molecule has 0 bridgehead atoms. The molecule has 0 fully saturated rings. The van der Waals surface area contributed by atoms with E-state index in [1.165, 1.54) is 36.4 Å². The summed E-state index contributed by atoms with van der Waals surface area (Å²) in [5.74, 6) is -0.500. The van der Waals surface area contributed by atoms with Crippen LogP contribution < -0.4 is 5.73 Å². The van der Waals surface area contributed by atoms with E-state index in [2.05, 4.69) is 0 Å². The zero-order valence-corrected chi connectivity index (χ0v) is 10.9. The summed E-state index contributed by atoms with van der Waals surface area (Å²) in [5, 5.41) is 0. The molecule has 0 spiro atoms. The molecule has 0 aliphatic rings. The molecule has 0 amide bonds. The van der Waals surface area contributed by atoms with Crippen LogP contribution in [-0.2, 0) is 23.1 Å². The van der Waals surface area contributed by atoms with Crippen LogP contribution in [0, 0.1) is 11.6 Å². The van der Waals surface area contributed by atoms with Gasteiger partial charge in [0, 0.05) is 11.4 Å². The Bertz CT molecular complexity index is 599. The summed E-state index contributed by atoms with van der Waals surface area (Å²) < 4.78 is 38.0. The van der Waals surface area contributed by atoms with Crippen molar-refractivity contribution >= 4 is 10.8 Å². The maximum atomic E-state index is 13.1. The molecule has 0 heterocycles. The van der Waals surface area contributed by atoms with Crippen LogP contribution in [0.1, 0.15) is 11.1 Å². The molecule has 2 nitrogen and oxygen atoms in total. The van der Waals surface area contributed by atoms with Crippen molar-refractivity contribution in [3.63, 3.8) is 0 Å². The molecule has 0 aliphatic carbocycles. The molecule has 2 N–H and O–H groups in total. The number of halogens is 2. The number of hydrogen-bond donors (Lipinski definition) is 1. The summed E-state index contributed by atoms with van der Waals surface area (Å²) in [6.45, 7) is 0.188. The second-order valence-corrected chi connectivity index (χ2v) is 5.51. The molecule has 0 aliphatic heterocycles. The Labute approximate surface area is 112 Å². The Hall–Kier alpha value is -1.59. The molecule has 19 heavy (non-hydrogen) atoms. The zero-order valence-electron chi connectivity index (χ0n) is 10.1. The first-order valence-corrected chi connectivity index (χ1v) is 7.03. The third-order valence-electron chi connectivity index (χ3n) is 2.75. The van der Waals surface area contributed by atoms with Gasteiger partial charge >= 0.3 is 0 Å². The van der Waals surface area contributed by atoms with Crippen LogP contribution >= 0.6 is 0 Å². The lowest BCUT2D eigenvalue weighted by Crippen LogP contribution is -2.05. The molecule has 0 aromatic heterocycles. The molecule has 2 rings (SSSR count). The van der Waals surface area contributed by atoms with Gasteiger partial charge in [0.15, 0.2) is 0 Å². The fourth-order valence-corrected chi connectivity index (χ4v) is 2.91. The number of hydrogen-bond acceptors (Lipinski definition) is 2. The highest BCUT2D eigenvalue weighted by atomic mass is 32.2. The Morgan fingerprint density at radius 2 is 1.58 bits per heavy atom. The second kappa shape index (κ2) is 6.04. The van der Waals surface area contributed by atoms with E-state index in [4.69, 9.17) is 5.73 Å². The minimum Gasteiger partial charge on any atom is -0.326 e. The number of nitrogens with two attached hydrogens (primary N) is 1. The third kappa shape index (κ3) is 3.45. The lowest BCUT2D eigenvalue weighted by Gasteiger charge is -2.08. The predicted octanol–water partition coefficient (Wildman–Crippen LogP) is 2.73. The maximum absolute atomic E-state index is 13.1. The first kappa shape index (κ1) is 13.8. The Kier molecular flexibility index (Phi) is 4.39. The Morgan fingerprint density at radius 3 is 2.21 bits per heavy atom. The minimum absolute atomic E-state index is 0.188. The van der Waals surface area contributed by atoms with Crippen molar-refractivity contribution in [3.05, 3.63) is 65.2 Å². The SMILES string of the molecule is NCc1cc(F)ccc1CS(=O)c1ccc(F)cc1. The van der Waals surface area contributed by atoms with E-state index in [0.717, 1.165) is 5.56 Å². The van der Waals surface area contributed by atoms with Gasteiger partial charge < -0.3 is 5.73 Å². The highest BCUT2D eigenvalue weighted by molar-refractivity contribution is 7.84. The Balaban J connectivity index is 2.21. The van der Waals surface area contributed by atoms with Crippen molar-refractivity contribution in [1.29, 1.82) is 0 Å². The molecule has 5 heteroatoms. The van der Waals surface area contributed by atoms with Gasteiger partial charge in [-0.05, 0) is 47.5 Å². The van der Waals surface area contributed by atoms with Crippen LogP contribution in [0.5, 0.6) is 0 Å². The van der Waals surface area contributed by atoms with Crippen molar-refractivity contribution in [2.75, 3.05) is 0 Å². The summed E-state index contributed by atoms with van der Waals surface area (Å²) in [5.41, 5.74) is 6.92. The molecule has 0 radical (unpaired) electrons. The van der Waals surface area contributed by atoms with E-state index in [9.17, 15) is 13.0 Å². The first-order chi connectivity index (χ1) is 9.10. The van der Waals surface area contributed by atoms with Crippen LogP contribution in [0.2, 0.25) is 0 Å². The molecular formula is C14H13F2NOS. The standard InChI is InChI=1S/C14H13F2NOS/c15-12-3-5-14(6-4-12)19(18)9-10-1-2-13(16)7-11(10)8-17/h1-7H,8-9,17H2. The van der Waals surface area contributed by atoms with E-state index < -0.39 is 10.8 Å². The molecule has 2 aromatic rings. The normalized spacial score (nSPS) is 12.4. The molecule has 0 saturated carbocycles. The predicted molar refractivity (Wildman–Crippen MR) is 70.8 cm³/mol. The summed E-state index contributed by atoms with van der Waals surface area (Å²) in [7, 11) is -1.31. The second-order valence-electron chi connectivity index (χ2n) is 4.06. The van der Waals surface area contributed by atoms with Crippen LogP contribution in [0.3, 0.4) is 0 Å². The van der Waals surface area contributed by atoms with Gasteiger partial charge in [-0.15, -0.1) is 0 Å². The maximum Gasteiger partial charge on any atom is 0.123 e. The minimum atomic E-state index is -1.31. The average molecular weight is 281 g/mol. The van der Waals surface area contributed by atoms with Crippen molar-refractivity contribution in [1.82, 2.24) is 0 Å². The first-order valence-electron chi connectivity index (χ1n) is 5.71. The van der Waals surface area contributed by atoms with E-state index in [-0.39, 0.29) is 23.9 Å². The van der Waals surface area contributed by atoms with E-state index in [1.807, 2.05) is 0 Å². The smallest absolute Gasteiger partial charge is 0.123 e. The fourth-order valence-electron chi connectivity index (χ4n) is 1.74. The van der Waals surface area contributed by atoms with Gasteiger partial charge in [-0.2, -0.15) is 0 Å². The summed E-state index contributed by atoms with van der Waals surface area (Å²) in [6.07, 6.45) is 0. The topological polar surface area (TPSA) is 43.1 Å². The molecule has 0 saturated heterocycles. The van der Waals surface area contributed by atoms with Crippen molar-refractivity contribution in [2.24, 2.45) is 5.73 Å². The molecule has 100 valence electrons. The van der Waals surface area contributed by atoms with E-state index in [1.54, 1.807) is 6.07 Å². The van der Waals surface area contributed by atoms with Gasteiger partial charge in [0.05, 0.1) is 16.6 Å². The largest absolute Gasteiger partial charge is 0.326 e. The van der Waals surface area contributed by atoms with Gasteiger partial charge in [0.2, 0.25) is 0 Å². The number of benzene rings is 2. The van der Waals surface area contributed by atoms with Crippen molar-refractivity contribution < 1.29 is 13.0 Å². The average Bonchev–Trinajstić information content (AvgIpc) is 2.41.